The Balaban J connectivity index is 1.94. The van der Waals surface area contributed by atoms with Crippen molar-refractivity contribution in [3.63, 3.8) is 0 Å². The number of hydrogen-bond acceptors (Lipinski definition) is 5. The third-order valence-electron chi connectivity index (χ3n) is 4.30. The fourth-order valence-corrected chi connectivity index (χ4v) is 3.02. The van der Waals surface area contributed by atoms with E-state index < -0.39 is 17.7 Å². The van der Waals surface area contributed by atoms with Gasteiger partial charge in [0.1, 0.15) is 18.0 Å². The summed E-state index contributed by atoms with van der Waals surface area (Å²) in [6.45, 7) is 7.87. The summed E-state index contributed by atoms with van der Waals surface area (Å²) in [5.41, 5.74) is 1.57. The van der Waals surface area contributed by atoms with E-state index in [1.165, 1.54) is 10.6 Å². The van der Waals surface area contributed by atoms with Gasteiger partial charge in [-0.05, 0) is 63.6 Å². The van der Waals surface area contributed by atoms with Gasteiger partial charge in [0.2, 0.25) is 0 Å². The highest BCUT2D eigenvalue weighted by Gasteiger charge is 2.21. The maximum Gasteiger partial charge on any atom is 0.419 e. The van der Waals surface area contributed by atoms with Crippen LogP contribution in [0.15, 0.2) is 60.7 Å². The molecule has 1 heterocycles. The van der Waals surface area contributed by atoms with Crippen molar-refractivity contribution in [2.75, 3.05) is 6.61 Å². The SMILES string of the molecule is CCOC(=O)/C=C/c1cc2cc(OCc3ccccc3)ccc2n1C(=O)OC(C)(C)C. The van der Waals surface area contributed by atoms with Gasteiger partial charge in [-0.25, -0.2) is 14.2 Å². The molecule has 0 radical (unpaired) electrons. The minimum absolute atomic E-state index is 0.278. The highest BCUT2D eigenvalue weighted by Crippen LogP contribution is 2.27. The summed E-state index contributed by atoms with van der Waals surface area (Å²) in [7, 11) is 0. The molecule has 162 valence electrons. The van der Waals surface area contributed by atoms with E-state index in [9.17, 15) is 9.59 Å². The molecule has 0 saturated carbocycles. The van der Waals surface area contributed by atoms with Crippen LogP contribution in [0.5, 0.6) is 5.75 Å². The number of esters is 1. The molecule has 0 N–H and O–H groups in total. The van der Waals surface area contributed by atoms with Crippen LogP contribution in [-0.2, 0) is 20.9 Å². The second-order valence-corrected chi connectivity index (χ2v) is 7.97. The normalized spacial score (nSPS) is 11.6. The summed E-state index contributed by atoms with van der Waals surface area (Å²) in [6.07, 6.45) is 2.32. The molecular formula is C25H27NO5. The number of carbonyl (C=O) groups excluding carboxylic acids is 2. The van der Waals surface area contributed by atoms with Crippen LogP contribution in [0.25, 0.3) is 17.0 Å². The van der Waals surface area contributed by atoms with Gasteiger partial charge < -0.3 is 14.2 Å². The molecule has 0 unspecified atom stereocenters. The van der Waals surface area contributed by atoms with E-state index in [2.05, 4.69) is 0 Å². The summed E-state index contributed by atoms with van der Waals surface area (Å²) in [5, 5.41) is 0.792. The van der Waals surface area contributed by atoms with Crippen LogP contribution in [0.4, 0.5) is 4.79 Å². The molecule has 0 bridgehead atoms. The lowest BCUT2D eigenvalue weighted by Gasteiger charge is -2.20. The first-order valence-corrected chi connectivity index (χ1v) is 10.2. The zero-order valence-corrected chi connectivity index (χ0v) is 18.3. The van der Waals surface area contributed by atoms with Crippen LogP contribution >= 0.6 is 0 Å². The summed E-state index contributed by atoms with van der Waals surface area (Å²) >= 11 is 0. The van der Waals surface area contributed by atoms with Gasteiger partial charge in [0.25, 0.3) is 0 Å². The molecule has 0 aliphatic rings. The molecule has 0 saturated heterocycles. The molecule has 0 amide bonds. The standard InChI is InChI=1S/C25H27NO5/c1-5-29-23(27)14-11-20-15-19-16-21(30-17-18-9-7-6-8-10-18)12-13-22(19)26(20)24(28)31-25(2,3)4/h6-16H,5,17H2,1-4H3/b14-11+. The van der Waals surface area contributed by atoms with Crippen LogP contribution in [0.3, 0.4) is 0 Å². The molecule has 0 spiro atoms. The smallest absolute Gasteiger partial charge is 0.419 e. The third kappa shape index (κ3) is 5.98. The Labute approximate surface area is 182 Å². The van der Waals surface area contributed by atoms with Gasteiger partial charge in [0.05, 0.1) is 17.8 Å². The van der Waals surface area contributed by atoms with Crippen LogP contribution in [0.2, 0.25) is 0 Å². The Hall–Kier alpha value is -3.54. The first kappa shape index (κ1) is 22.2. The van der Waals surface area contributed by atoms with Gasteiger partial charge >= 0.3 is 12.1 Å². The van der Waals surface area contributed by atoms with Crippen molar-refractivity contribution in [1.82, 2.24) is 4.57 Å². The van der Waals surface area contributed by atoms with Gasteiger partial charge in [-0.1, -0.05) is 30.3 Å². The fourth-order valence-electron chi connectivity index (χ4n) is 3.02. The number of carbonyl (C=O) groups is 2. The average Bonchev–Trinajstić information content (AvgIpc) is 3.08. The molecule has 3 rings (SSSR count). The highest BCUT2D eigenvalue weighted by atomic mass is 16.6. The molecule has 0 aliphatic heterocycles. The predicted molar refractivity (Wildman–Crippen MR) is 120 cm³/mol. The van der Waals surface area contributed by atoms with E-state index in [-0.39, 0.29) is 6.61 Å². The molecular weight excluding hydrogens is 394 g/mol. The van der Waals surface area contributed by atoms with E-state index >= 15 is 0 Å². The molecule has 0 aliphatic carbocycles. The Morgan fingerprint density at radius 1 is 1.03 bits per heavy atom. The summed E-state index contributed by atoms with van der Waals surface area (Å²) in [6, 6.07) is 17.2. The zero-order chi connectivity index (χ0) is 22.4. The third-order valence-corrected chi connectivity index (χ3v) is 4.30. The monoisotopic (exact) mass is 421 g/mol. The second-order valence-electron chi connectivity index (χ2n) is 7.97. The minimum atomic E-state index is -0.658. The zero-order valence-electron chi connectivity index (χ0n) is 18.3. The number of ether oxygens (including phenoxy) is 3. The van der Waals surface area contributed by atoms with Gasteiger partial charge in [0, 0.05) is 11.5 Å². The topological polar surface area (TPSA) is 66.8 Å². The van der Waals surface area contributed by atoms with Gasteiger partial charge in [-0.15, -0.1) is 0 Å². The van der Waals surface area contributed by atoms with E-state index in [4.69, 9.17) is 14.2 Å². The van der Waals surface area contributed by atoms with Gasteiger partial charge in [-0.2, -0.15) is 0 Å². The van der Waals surface area contributed by atoms with Crippen LogP contribution in [0, 0.1) is 0 Å². The summed E-state index contributed by atoms with van der Waals surface area (Å²) in [4.78, 5) is 24.6. The first-order valence-electron chi connectivity index (χ1n) is 10.2. The molecule has 6 nitrogen and oxygen atoms in total. The first-order chi connectivity index (χ1) is 14.8. The van der Waals surface area contributed by atoms with Crippen LogP contribution in [-0.4, -0.2) is 28.8 Å². The molecule has 6 heteroatoms. The molecule has 2 aromatic carbocycles. The number of nitrogens with zero attached hydrogens (tertiary/aromatic N) is 1. The van der Waals surface area contributed by atoms with E-state index in [0.29, 0.717) is 23.6 Å². The largest absolute Gasteiger partial charge is 0.489 e. The Bertz CT molecular complexity index is 1090. The number of benzene rings is 2. The van der Waals surface area contributed by atoms with Crippen molar-refractivity contribution >= 4 is 29.0 Å². The lowest BCUT2D eigenvalue weighted by molar-refractivity contribution is -0.137. The van der Waals surface area contributed by atoms with Crippen LogP contribution in [0.1, 0.15) is 39.0 Å². The second kappa shape index (κ2) is 9.51. The highest BCUT2D eigenvalue weighted by molar-refractivity contribution is 5.95. The van der Waals surface area contributed by atoms with Crippen molar-refractivity contribution < 1.29 is 23.8 Å². The maximum atomic E-state index is 12.9. The van der Waals surface area contributed by atoms with Crippen LogP contribution < -0.4 is 4.74 Å². The quantitative estimate of drug-likeness (QED) is 0.384. The number of hydrogen-bond donors (Lipinski definition) is 0. The van der Waals surface area contributed by atoms with Gasteiger partial charge in [0.15, 0.2) is 0 Å². The molecule has 0 atom stereocenters. The molecule has 3 aromatic rings. The fraction of sp³-hybridized carbons (Fsp3) is 0.280. The predicted octanol–water partition coefficient (Wildman–Crippen LogP) is 5.58. The number of fused-ring (bicyclic) bond motifs is 1. The average molecular weight is 421 g/mol. The summed E-state index contributed by atoms with van der Waals surface area (Å²) in [5.74, 6) is 0.203. The lowest BCUT2D eigenvalue weighted by Crippen LogP contribution is -2.27. The Kier molecular flexibility index (Phi) is 6.80. The van der Waals surface area contributed by atoms with E-state index in [1.807, 2.05) is 48.5 Å². The molecule has 31 heavy (non-hydrogen) atoms. The lowest BCUT2D eigenvalue weighted by atomic mass is 10.2. The van der Waals surface area contributed by atoms with Crippen molar-refractivity contribution in [2.24, 2.45) is 0 Å². The van der Waals surface area contributed by atoms with Crippen molar-refractivity contribution in [3.8, 4) is 5.75 Å². The number of rotatable bonds is 6. The van der Waals surface area contributed by atoms with E-state index in [0.717, 1.165) is 10.9 Å². The van der Waals surface area contributed by atoms with E-state index in [1.54, 1.807) is 39.8 Å². The van der Waals surface area contributed by atoms with Crippen molar-refractivity contribution in [1.29, 1.82) is 0 Å². The van der Waals surface area contributed by atoms with Crippen molar-refractivity contribution in [3.05, 3.63) is 71.9 Å². The van der Waals surface area contributed by atoms with Gasteiger partial charge in [-0.3, -0.25) is 0 Å². The molecule has 1 aromatic heterocycles. The Morgan fingerprint density at radius 2 is 1.77 bits per heavy atom. The maximum absolute atomic E-state index is 12.9. The van der Waals surface area contributed by atoms with Crippen molar-refractivity contribution in [2.45, 2.75) is 39.9 Å². The minimum Gasteiger partial charge on any atom is -0.489 e. The summed E-state index contributed by atoms with van der Waals surface area (Å²) < 4.78 is 17.8. The molecule has 0 fully saturated rings. The Morgan fingerprint density at radius 3 is 2.45 bits per heavy atom. The number of aromatic nitrogens is 1.